The van der Waals surface area contributed by atoms with Gasteiger partial charge in [0.15, 0.2) is 10.6 Å². The van der Waals surface area contributed by atoms with E-state index in [-0.39, 0.29) is 5.28 Å². The van der Waals surface area contributed by atoms with Crippen LogP contribution in [0.15, 0.2) is 29.9 Å². The van der Waals surface area contributed by atoms with Crippen LogP contribution in [0, 0.1) is 6.92 Å². The van der Waals surface area contributed by atoms with Crippen molar-refractivity contribution >= 4 is 50.0 Å². The molecule has 0 atom stereocenters. The third-order valence-corrected chi connectivity index (χ3v) is 4.67. The molecule has 7 heteroatoms. The van der Waals surface area contributed by atoms with E-state index in [1.165, 1.54) is 27.8 Å². The van der Waals surface area contributed by atoms with Gasteiger partial charge in [-0.2, -0.15) is 4.98 Å². The number of aromatic amines is 1. The largest absolute Gasteiger partial charge is 0.368 e. The van der Waals surface area contributed by atoms with Gasteiger partial charge < -0.3 is 10.3 Å². The van der Waals surface area contributed by atoms with Crippen LogP contribution < -0.4 is 5.32 Å². The fraction of sp³-hybridized carbons (Fsp3) is 0.188. The highest BCUT2D eigenvalue weighted by atomic mass is 35.5. The van der Waals surface area contributed by atoms with Crippen LogP contribution in [0.2, 0.25) is 5.28 Å². The second kappa shape index (κ2) is 5.79. The molecule has 0 saturated heterocycles. The Bertz CT molecular complexity index is 991. The number of anilines is 1. The summed E-state index contributed by atoms with van der Waals surface area (Å²) in [7, 11) is 0. The maximum atomic E-state index is 5.97. The summed E-state index contributed by atoms with van der Waals surface area (Å²) in [5.41, 5.74) is 6.24. The van der Waals surface area contributed by atoms with Gasteiger partial charge in [0, 0.05) is 23.6 Å². The van der Waals surface area contributed by atoms with Crippen LogP contribution in [0.25, 0.3) is 21.3 Å². The van der Waals surface area contributed by atoms with Crippen LogP contribution in [-0.4, -0.2) is 26.5 Å². The van der Waals surface area contributed by atoms with Crippen molar-refractivity contribution in [1.29, 1.82) is 0 Å². The normalized spacial score (nSPS) is 11.4. The van der Waals surface area contributed by atoms with Gasteiger partial charge in [0.1, 0.15) is 5.52 Å². The van der Waals surface area contributed by atoms with Crippen LogP contribution in [-0.2, 0) is 6.42 Å². The Morgan fingerprint density at radius 3 is 3.13 bits per heavy atom. The molecule has 3 heterocycles. The van der Waals surface area contributed by atoms with Crippen molar-refractivity contribution in [3.63, 3.8) is 0 Å². The number of thiazole rings is 1. The Morgan fingerprint density at radius 2 is 2.22 bits per heavy atom. The molecule has 2 N–H and O–H groups in total. The number of hydrogen-bond donors (Lipinski definition) is 2. The summed E-state index contributed by atoms with van der Waals surface area (Å²) in [6.45, 7) is 2.86. The van der Waals surface area contributed by atoms with E-state index in [1.54, 1.807) is 5.51 Å². The standard InChI is InChI=1S/C16H14ClN5S/c1-9-2-3-12-11(6-9)10(7-19-12)4-5-18-14-13-15(23-8-20-13)22-16(17)21-14/h2-3,6-8,19H,4-5H2,1H3,(H,18,21,22). The lowest BCUT2D eigenvalue weighted by Crippen LogP contribution is -2.07. The smallest absolute Gasteiger partial charge is 0.225 e. The Labute approximate surface area is 141 Å². The molecular formula is C16H14ClN5S. The number of nitrogens with one attached hydrogen (secondary N) is 2. The third-order valence-electron chi connectivity index (χ3n) is 3.78. The molecule has 0 saturated carbocycles. The Kier molecular flexibility index (Phi) is 3.63. The molecule has 0 unspecified atom stereocenters. The zero-order chi connectivity index (χ0) is 15.8. The number of aryl methyl sites for hydroxylation is 1. The lowest BCUT2D eigenvalue weighted by atomic mass is 10.1. The van der Waals surface area contributed by atoms with Gasteiger partial charge in [0.25, 0.3) is 0 Å². The second-order valence-corrected chi connectivity index (χ2v) is 6.56. The molecule has 0 spiro atoms. The van der Waals surface area contributed by atoms with Crippen molar-refractivity contribution in [2.45, 2.75) is 13.3 Å². The number of rotatable bonds is 4. The zero-order valence-electron chi connectivity index (χ0n) is 12.4. The van der Waals surface area contributed by atoms with E-state index in [2.05, 4.69) is 56.6 Å². The molecule has 0 aliphatic rings. The van der Waals surface area contributed by atoms with Crippen LogP contribution in [0.3, 0.4) is 0 Å². The first-order valence-corrected chi connectivity index (χ1v) is 8.54. The van der Waals surface area contributed by atoms with Gasteiger partial charge in [0.2, 0.25) is 5.28 Å². The Balaban J connectivity index is 1.54. The predicted octanol–water partition coefficient (Wildman–Crippen LogP) is 4.18. The highest BCUT2D eigenvalue weighted by Crippen LogP contribution is 2.24. The molecule has 1 aromatic carbocycles. The average molecular weight is 344 g/mol. The van der Waals surface area contributed by atoms with Crippen LogP contribution in [0.4, 0.5) is 5.82 Å². The summed E-state index contributed by atoms with van der Waals surface area (Å²) in [6, 6.07) is 6.44. The maximum Gasteiger partial charge on any atom is 0.225 e. The van der Waals surface area contributed by atoms with E-state index < -0.39 is 0 Å². The maximum absolute atomic E-state index is 5.97. The SMILES string of the molecule is Cc1ccc2[nH]cc(CCNc3nc(Cl)nc4scnc34)c2c1. The molecule has 0 aliphatic heterocycles. The van der Waals surface area contributed by atoms with Crippen molar-refractivity contribution in [2.75, 3.05) is 11.9 Å². The number of benzene rings is 1. The minimum Gasteiger partial charge on any atom is -0.368 e. The van der Waals surface area contributed by atoms with Crippen molar-refractivity contribution in [3.05, 3.63) is 46.3 Å². The second-order valence-electron chi connectivity index (χ2n) is 5.39. The van der Waals surface area contributed by atoms with Crippen molar-refractivity contribution in [1.82, 2.24) is 19.9 Å². The van der Waals surface area contributed by atoms with Gasteiger partial charge in [-0.3, -0.25) is 0 Å². The highest BCUT2D eigenvalue weighted by molar-refractivity contribution is 7.16. The summed E-state index contributed by atoms with van der Waals surface area (Å²) in [5, 5.41) is 4.84. The molecule has 4 rings (SSSR count). The van der Waals surface area contributed by atoms with Gasteiger partial charge in [-0.05, 0) is 42.6 Å². The number of fused-ring (bicyclic) bond motifs is 2. The molecular weight excluding hydrogens is 330 g/mol. The molecule has 0 fully saturated rings. The molecule has 116 valence electrons. The first-order chi connectivity index (χ1) is 11.2. The van der Waals surface area contributed by atoms with E-state index in [0.717, 1.165) is 28.8 Å². The van der Waals surface area contributed by atoms with Crippen molar-refractivity contribution in [3.8, 4) is 0 Å². The fourth-order valence-electron chi connectivity index (χ4n) is 2.67. The summed E-state index contributed by atoms with van der Waals surface area (Å²) in [5.74, 6) is 0.692. The quantitative estimate of drug-likeness (QED) is 0.545. The molecule has 0 aliphatic carbocycles. The molecule has 4 aromatic rings. The zero-order valence-corrected chi connectivity index (χ0v) is 14.0. The topological polar surface area (TPSA) is 66.5 Å². The monoisotopic (exact) mass is 343 g/mol. The number of hydrogen-bond acceptors (Lipinski definition) is 5. The summed E-state index contributed by atoms with van der Waals surface area (Å²) in [6.07, 6.45) is 2.95. The van der Waals surface area contributed by atoms with E-state index in [4.69, 9.17) is 11.6 Å². The summed E-state index contributed by atoms with van der Waals surface area (Å²) in [4.78, 5) is 16.8. The van der Waals surface area contributed by atoms with Gasteiger partial charge in [0.05, 0.1) is 5.51 Å². The third kappa shape index (κ3) is 2.75. The Morgan fingerprint density at radius 1 is 1.30 bits per heavy atom. The first kappa shape index (κ1) is 14.4. The molecule has 5 nitrogen and oxygen atoms in total. The van der Waals surface area contributed by atoms with Crippen molar-refractivity contribution < 1.29 is 0 Å². The first-order valence-electron chi connectivity index (χ1n) is 7.28. The number of H-pyrrole nitrogens is 1. The van der Waals surface area contributed by atoms with E-state index in [0.29, 0.717) is 5.82 Å². The van der Waals surface area contributed by atoms with Gasteiger partial charge >= 0.3 is 0 Å². The van der Waals surface area contributed by atoms with Crippen LogP contribution in [0.1, 0.15) is 11.1 Å². The lowest BCUT2D eigenvalue weighted by Gasteiger charge is -2.06. The number of halogens is 1. The molecule has 0 bridgehead atoms. The summed E-state index contributed by atoms with van der Waals surface area (Å²) < 4.78 is 0. The molecule has 0 amide bonds. The van der Waals surface area contributed by atoms with Crippen molar-refractivity contribution in [2.24, 2.45) is 0 Å². The van der Waals surface area contributed by atoms with Crippen LogP contribution >= 0.6 is 22.9 Å². The average Bonchev–Trinajstić information content (AvgIpc) is 3.14. The van der Waals surface area contributed by atoms with E-state index in [1.807, 2.05) is 0 Å². The molecule has 3 aromatic heterocycles. The highest BCUT2D eigenvalue weighted by Gasteiger charge is 2.09. The summed E-state index contributed by atoms with van der Waals surface area (Å²) >= 11 is 7.43. The molecule has 0 radical (unpaired) electrons. The fourth-order valence-corrected chi connectivity index (χ4v) is 3.55. The van der Waals surface area contributed by atoms with Crippen LogP contribution in [0.5, 0.6) is 0 Å². The van der Waals surface area contributed by atoms with E-state index >= 15 is 0 Å². The van der Waals surface area contributed by atoms with Gasteiger partial charge in [-0.25, -0.2) is 9.97 Å². The molecule has 23 heavy (non-hydrogen) atoms. The Hall–Kier alpha value is -2.18. The number of aromatic nitrogens is 4. The number of nitrogens with zero attached hydrogens (tertiary/aromatic N) is 3. The van der Waals surface area contributed by atoms with Gasteiger partial charge in [-0.1, -0.05) is 11.6 Å². The van der Waals surface area contributed by atoms with E-state index in [9.17, 15) is 0 Å². The minimum absolute atomic E-state index is 0.243. The minimum atomic E-state index is 0.243. The predicted molar refractivity (Wildman–Crippen MR) is 95.4 cm³/mol. The lowest BCUT2D eigenvalue weighted by molar-refractivity contribution is 1.01. The van der Waals surface area contributed by atoms with Gasteiger partial charge in [-0.15, -0.1) is 11.3 Å².